The van der Waals surface area contributed by atoms with E-state index in [0.29, 0.717) is 24.0 Å². The van der Waals surface area contributed by atoms with Gasteiger partial charge in [-0.15, -0.1) is 0 Å². The largest absolute Gasteiger partial charge is 0.339 e. The van der Waals surface area contributed by atoms with Crippen LogP contribution in [0.3, 0.4) is 0 Å². The van der Waals surface area contributed by atoms with Gasteiger partial charge in [-0.25, -0.2) is 8.78 Å². The van der Waals surface area contributed by atoms with Gasteiger partial charge in [0.15, 0.2) is 11.6 Å². The molecule has 124 valence electrons. The molecule has 5 heteroatoms. The van der Waals surface area contributed by atoms with E-state index in [4.69, 9.17) is 5.26 Å². The van der Waals surface area contributed by atoms with Crippen molar-refractivity contribution in [1.82, 2.24) is 4.90 Å². The summed E-state index contributed by atoms with van der Waals surface area (Å²) in [6.45, 7) is 1.77. The molecule has 3 nitrogen and oxygen atoms in total. The lowest BCUT2D eigenvalue weighted by atomic mass is 10.0. The molecule has 1 unspecified atom stereocenters. The average Bonchev–Trinajstić information content (AvgIpc) is 2.61. The number of nitrogens with zero attached hydrogens (tertiary/aromatic N) is 2. The monoisotopic (exact) mass is 328 g/mol. The number of halogens is 2. The van der Waals surface area contributed by atoms with Gasteiger partial charge >= 0.3 is 0 Å². The highest BCUT2D eigenvalue weighted by molar-refractivity contribution is 5.76. The third-order valence-corrected chi connectivity index (χ3v) is 4.11. The summed E-state index contributed by atoms with van der Waals surface area (Å²) >= 11 is 0. The van der Waals surface area contributed by atoms with Crippen molar-refractivity contribution in [3.63, 3.8) is 0 Å². The molecule has 0 bridgehead atoms. The molecule has 0 N–H and O–H groups in total. The van der Waals surface area contributed by atoms with E-state index < -0.39 is 11.6 Å². The fourth-order valence-electron chi connectivity index (χ4n) is 2.39. The summed E-state index contributed by atoms with van der Waals surface area (Å²) in [6, 6.07) is 12.4. The van der Waals surface area contributed by atoms with Gasteiger partial charge in [0.25, 0.3) is 0 Å². The molecule has 0 saturated heterocycles. The molecule has 0 saturated carbocycles. The van der Waals surface area contributed by atoms with Gasteiger partial charge in [-0.1, -0.05) is 18.2 Å². The number of amides is 1. The van der Waals surface area contributed by atoms with E-state index in [1.165, 1.54) is 11.0 Å². The van der Waals surface area contributed by atoms with Crippen molar-refractivity contribution >= 4 is 5.91 Å². The first-order chi connectivity index (χ1) is 11.4. The molecule has 0 aromatic heterocycles. The Hall–Kier alpha value is -2.74. The molecular weight excluding hydrogens is 310 g/mol. The second kappa shape index (κ2) is 7.69. The third-order valence-electron chi connectivity index (χ3n) is 4.11. The van der Waals surface area contributed by atoms with Crippen LogP contribution in [-0.4, -0.2) is 17.9 Å². The van der Waals surface area contributed by atoms with E-state index in [1.54, 1.807) is 26.1 Å². The summed E-state index contributed by atoms with van der Waals surface area (Å²) in [4.78, 5) is 13.8. The van der Waals surface area contributed by atoms with Crippen molar-refractivity contribution in [2.75, 3.05) is 7.05 Å². The Morgan fingerprint density at radius 3 is 2.42 bits per heavy atom. The summed E-state index contributed by atoms with van der Waals surface area (Å²) < 4.78 is 26.3. The number of carbonyl (C=O) groups excluding carboxylic acids is 1. The Balaban J connectivity index is 1.97. The molecule has 0 spiro atoms. The SMILES string of the molecule is CC(c1ccc(F)c(F)c1)N(C)C(=O)CCc1ccc(C#N)cc1. The summed E-state index contributed by atoms with van der Waals surface area (Å²) in [5.74, 6) is -1.91. The molecule has 2 aromatic rings. The molecule has 0 aliphatic carbocycles. The lowest BCUT2D eigenvalue weighted by molar-refractivity contribution is -0.131. The van der Waals surface area contributed by atoms with Gasteiger partial charge in [-0.2, -0.15) is 5.26 Å². The van der Waals surface area contributed by atoms with Crippen molar-refractivity contribution in [1.29, 1.82) is 5.26 Å². The maximum Gasteiger partial charge on any atom is 0.223 e. The molecule has 0 radical (unpaired) electrons. The smallest absolute Gasteiger partial charge is 0.223 e. The lowest BCUT2D eigenvalue weighted by Gasteiger charge is -2.25. The zero-order chi connectivity index (χ0) is 17.7. The zero-order valence-electron chi connectivity index (χ0n) is 13.6. The number of hydrogen-bond donors (Lipinski definition) is 0. The molecule has 0 aliphatic heterocycles. The van der Waals surface area contributed by atoms with Gasteiger partial charge in [-0.05, 0) is 48.7 Å². The first-order valence-corrected chi connectivity index (χ1v) is 7.62. The molecule has 0 aliphatic rings. The van der Waals surface area contributed by atoms with E-state index in [2.05, 4.69) is 0 Å². The van der Waals surface area contributed by atoms with Crippen molar-refractivity contribution in [2.24, 2.45) is 0 Å². The summed E-state index contributed by atoms with van der Waals surface area (Å²) in [7, 11) is 1.65. The zero-order valence-corrected chi connectivity index (χ0v) is 13.6. The third kappa shape index (κ3) is 4.17. The number of nitriles is 1. The minimum absolute atomic E-state index is 0.0865. The van der Waals surface area contributed by atoms with E-state index in [1.807, 2.05) is 18.2 Å². The van der Waals surface area contributed by atoms with Gasteiger partial charge in [0.1, 0.15) is 0 Å². The standard InChI is InChI=1S/C19H18F2N2O/c1-13(16-8-9-17(20)18(21)11-16)23(2)19(24)10-7-14-3-5-15(12-22)6-4-14/h3-6,8-9,11,13H,7,10H2,1-2H3. The summed E-state index contributed by atoms with van der Waals surface area (Å²) in [5, 5.41) is 8.76. The van der Waals surface area contributed by atoms with E-state index in [-0.39, 0.29) is 11.9 Å². The molecule has 2 aromatic carbocycles. The number of hydrogen-bond acceptors (Lipinski definition) is 2. The Kier molecular flexibility index (Phi) is 5.64. The maximum absolute atomic E-state index is 13.3. The van der Waals surface area contributed by atoms with Crippen molar-refractivity contribution < 1.29 is 13.6 Å². The van der Waals surface area contributed by atoms with Gasteiger partial charge in [0.05, 0.1) is 17.7 Å². The molecule has 24 heavy (non-hydrogen) atoms. The number of carbonyl (C=O) groups is 1. The van der Waals surface area contributed by atoms with Crippen LogP contribution in [0.5, 0.6) is 0 Å². The summed E-state index contributed by atoms with van der Waals surface area (Å²) in [5.41, 5.74) is 2.09. The van der Waals surface area contributed by atoms with Crippen LogP contribution in [-0.2, 0) is 11.2 Å². The van der Waals surface area contributed by atoms with Gasteiger partial charge in [0, 0.05) is 13.5 Å². The molecule has 0 heterocycles. The second-order valence-corrected chi connectivity index (χ2v) is 5.66. The molecule has 1 amide bonds. The fourth-order valence-corrected chi connectivity index (χ4v) is 2.39. The maximum atomic E-state index is 13.3. The van der Waals surface area contributed by atoms with Crippen LogP contribution in [0, 0.1) is 23.0 Å². The number of benzene rings is 2. The van der Waals surface area contributed by atoms with Gasteiger partial charge in [0.2, 0.25) is 5.91 Å². The summed E-state index contributed by atoms with van der Waals surface area (Å²) in [6.07, 6.45) is 0.857. The van der Waals surface area contributed by atoms with Crippen molar-refractivity contribution in [3.8, 4) is 6.07 Å². The first-order valence-electron chi connectivity index (χ1n) is 7.62. The number of rotatable bonds is 5. The van der Waals surface area contributed by atoms with Crippen molar-refractivity contribution in [2.45, 2.75) is 25.8 Å². The topological polar surface area (TPSA) is 44.1 Å². The Labute approximate surface area is 140 Å². The molecule has 1 atom stereocenters. The van der Waals surface area contributed by atoms with Crippen LogP contribution >= 0.6 is 0 Å². The highest BCUT2D eigenvalue weighted by atomic mass is 19.2. The first kappa shape index (κ1) is 17.6. The Morgan fingerprint density at radius 1 is 1.17 bits per heavy atom. The molecule has 2 rings (SSSR count). The fraction of sp³-hybridized carbons (Fsp3) is 0.263. The second-order valence-electron chi connectivity index (χ2n) is 5.66. The van der Waals surface area contributed by atoms with Gasteiger partial charge < -0.3 is 4.90 Å². The van der Waals surface area contributed by atoms with E-state index >= 15 is 0 Å². The van der Waals surface area contributed by atoms with Gasteiger partial charge in [-0.3, -0.25) is 4.79 Å². The molecular formula is C19H18F2N2O. The Morgan fingerprint density at radius 2 is 1.83 bits per heavy atom. The normalized spacial score (nSPS) is 11.6. The molecule has 0 fully saturated rings. The predicted molar refractivity (Wildman–Crippen MR) is 87.0 cm³/mol. The quantitative estimate of drug-likeness (QED) is 0.833. The minimum Gasteiger partial charge on any atom is -0.339 e. The lowest BCUT2D eigenvalue weighted by Crippen LogP contribution is -2.29. The van der Waals surface area contributed by atoms with Crippen molar-refractivity contribution in [3.05, 3.63) is 70.8 Å². The van der Waals surface area contributed by atoms with Crippen LogP contribution in [0.4, 0.5) is 8.78 Å². The van der Waals surface area contributed by atoms with Crippen LogP contribution in [0.25, 0.3) is 0 Å². The van der Waals surface area contributed by atoms with E-state index in [0.717, 1.165) is 17.7 Å². The Bertz CT molecular complexity index is 766. The average molecular weight is 328 g/mol. The number of aryl methyl sites for hydroxylation is 1. The van der Waals surface area contributed by atoms with Crippen LogP contribution in [0.15, 0.2) is 42.5 Å². The predicted octanol–water partition coefficient (Wildman–Crippen LogP) is 3.99. The minimum atomic E-state index is -0.919. The highest BCUT2D eigenvalue weighted by Crippen LogP contribution is 2.22. The van der Waals surface area contributed by atoms with E-state index in [9.17, 15) is 13.6 Å². The highest BCUT2D eigenvalue weighted by Gasteiger charge is 2.18. The van der Waals surface area contributed by atoms with Crippen LogP contribution in [0.1, 0.15) is 36.1 Å². The van der Waals surface area contributed by atoms with Crippen LogP contribution in [0.2, 0.25) is 0 Å². The van der Waals surface area contributed by atoms with Crippen LogP contribution < -0.4 is 0 Å².